The second-order valence-corrected chi connectivity index (χ2v) is 6.78. The fourth-order valence-corrected chi connectivity index (χ4v) is 3.08. The number of nitrogens with zero attached hydrogens (tertiary/aromatic N) is 1. The van der Waals surface area contributed by atoms with Gasteiger partial charge in [-0.25, -0.2) is 0 Å². The van der Waals surface area contributed by atoms with Crippen LogP contribution >= 0.6 is 15.9 Å². The number of halogens is 1. The van der Waals surface area contributed by atoms with Crippen molar-refractivity contribution in [1.82, 2.24) is 15.5 Å². The van der Waals surface area contributed by atoms with Crippen molar-refractivity contribution in [3.8, 4) is 0 Å². The molecule has 0 spiro atoms. The molecule has 2 rings (SSSR count). The van der Waals surface area contributed by atoms with Crippen molar-refractivity contribution in [2.75, 3.05) is 26.7 Å². The van der Waals surface area contributed by atoms with E-state index in [4.69, 9.17) is 0 Å². The summed E-state index contributed by atoms with van der Waals surface area (Å²) >= 11 is 3.49. The maximum Gasteiger partial charge on any atom is 0.224 e. The van der Waals surface area contributed by atoms with Gasteiger partial charge >= 0.3 is 0 Å². The fraction of sp³-hybridized carbons (Fsp3) is 0.529. The normalized spacial score (nSPS) is 17.6. The molecule has 0 aliphatic carbocycles. The molecular weight excluding hydrogens is 358 g/mol. The lowest BCUT2D eigenvalue weighted by Gasteiger charge is -2.22. The molecule has 1 fully saturated rings. The van der Waals surface area contributed by atoms with E-state index < -0.39 is 0 Å². The molecule has 0 aromatic heterocycles. The molecule has 5 nitrogen and oxygen atoms in total. The standard InChI is InChI=1S/C17H24BrN3O2/c1-21(12-14-5-2-3-7-15(14)18)16(22)8-10-20-17(23)13-6-4-9-19-11-13/h2-3,5,7,13,19H,4,6,8-12H2,1H3,(H,20,23). The fourth-order valence-electron chi connectivity index (χ4n) is 2.67. The molecule has 1 aliphatic rings. The zero-order chi connectivity index (χ0) is 16.7. The van der Waals surface area contributed by atoms with Gasteiger partial charge in [-0.3, -0.25) is 9.59 Å². The van der Waals surface area contributed by atoms with Crippen LogP contribution in [0, 0.1) is 5.92 Å². The second kappa shape index (κ2) is 9.03. The Bertz CT molecular complexity index is 544. The molecule has 1 saturated heterocycles. The van der Waals surface area contributed by atoms with Crippen LogP contribution in [-0.4, -0.2) is 43.4 Å². The number of carbonyl (C=O) groups excluding carboxylic acids is 2. The minimum atomic E-state index is 0.0304. The Morgan fingerprint density at radius 3 is 2.87 bits per heavy atom. The van der Waals surface area contributed by atoms with E-state index in [0.717, 1.165) is 36.0 Å². The first-order chi connectivity index (χ1) is 11.1. The summed E-state index contributed by atoms with van der Waals surface area (Å²) in [6.07, 6.45) is 2.28. The van der Waals surface area contributed by atoms with Crippen LogP contribution in [0.2, 0.25) is 0 Å². The topological polar surface area (TPSA) is 61.4 Å². The lowest BCUT2D eigenvalue weighted by atomic mass is 9.99. The first-order valence-corrected chi connectivity index (χ1v) is 8.83. The Hall–Kier alpha value is -1.40. The van der Waals surface area contributed by atoms with Crippen molar-refractivity contribution in [3.05, 3.63) is 34.3 Å². The van der Waals surface area contributed by atoms with Gasteiger partial charge in [-0.1, -0.05) is 34.1 Å². The predicted octanol–water partition coefficient (Wildman–Crippen LogP) is 1.91. The van der Waals surface area contributed by atoms with Crippen molar-refractivity contribution >= 4 is 27.7 Å². The van der Waals surface area contributed by atoms with Crippen LogP contribution in [0.25, 0.3) is 0 Å². The van der Waals surface area contributed by atoms with Crippen LogP contribution < -0.4 is 10.6 Å². The first-order valence-electron chi connectivity index (χ1n) is 8.03. The zero-order valence-corrected chi connectivity index (χ0v) is 15.1. The Labute approximate surface area is 145 Å². The Morgan fingerprint density at radius 1 is 1.39 bits per heavy atom. The average Bonchev–Trinajstić information content (AvgIpc) is 2.57. The molecule has 0 saturated carbocycles. The van der Waals surface area contributed by atoms with Gasteiger partial charge in [-0.05, 0) is 31.0 Å². The molecule has 2 N–H and O–H groups in total. The first kappa shape index (κ1) is 17.9. The Balaban J connectivity index is 1.71. The zero-order valence-electron chi connectivity index (χ0n) is 13.5. The van der Waals surface area contributed by atoms with Gasteiger partial charge < -0.3 is 15.5 Å². The number of hydrogen-bond acceptors (Lipinski definition) is 3. The molecule has 1 aromatic rings. The van der Waals surface area contributed by atoms with Crippen LogP contribution in [0.4, 0.5) is 0 Å². The molecule has 126 valence electrons. The molecule has 0 bridgehead atoms. The van der Waals surface area contributed by atoms with Gasteiger partial charge in [0, 0.05) is 37.6 Å². The van der Waals surface area contributed by atoms with Crippen molar-refractivity contribution in [3.63, 3.8) is 0 Å². The van der Waals surface area contributed by atoms with Gasteiger partial charge in [-0.2, -0.15) is 0 Å². The molecule has 1 aliphatic heterocycles. The van der Waals surface area contributed by atoms with Crippen LogP contribution in [0.15, 0.2) is 28.7 Å². The average molecular weight is 382 g/mol. The number of benzene rings is 1. The van der Waals surface area contributed by atoms with Gasteiger partial charge in [0.1, 0.15) is 0 Å². The number of rotatable bonds is 6. The van der Waals surface area contributed by atoms with Gasteiger partial charge in [0.05, 0.1) is 5.92 Å². The van der Waals surface area contributed by atoms with Gasteiger partial charge in [0.15, 0.2) is 0 Å². The molecule has 1 heterocycles. The largest absolute Gasteiger partial charge is 0.355 e. The summed E-state index contributed by atoms with van der Waals surface area (Å²) in [4.78, 5) is 25.9. The molecule has 23 heavy (non-hydrogen) atoms. The molecule has 0 radical (unpaired) electrons. The summed E-state index contributed by atoms with van der Waals surface area (Å²) in [5.74, 6) is 0.123. The van der Waals surface area contributed by atoms with Crippen molar-refractivity contribution in [2.24, 2.45) is 5.92 Å². The number of amides is 2. The maximum absolute atomic E-state index is 12.2. The summed E-state index contributed by atoms with van der Waals surface area (Å²) in [6.45, 7) is 2.68. The van der Waals surface area contributed by atoms with Crippen LogP contribution in [-0.2, 0) is 16.1 Å². The van der Waals surface area contributed by atoms with E-state index in [9.17, 15) is 9.59 Å². The second-order valence-electron chi connectivity index (χ2n) is 5.93. The Morgan fingerprint density at radius 2 is 2.17 bits per heavy atom. The summed E-state index contributed by atoms with van der Waals surface area (Å²) < 4.78 is 0.998. The highest BCUT2D eigenvalue weighted by Gasteiger charge is 2.20. The lowest BCUT2D eigenvalue weighted by Crippen LogP contribution is -2.41. The summed E-state index contributed by atoms with van der Waals surface area (Å²) in [5, 5.41) is 6.10. The Kier molecular flexibility index (Phi) is 7.05. The third kappa shape index (κ3) is 5.62. The lowest BCUT2D eigenvalue weighted by molar-refractivity contribution is -0.130. The molecule has 1 aromatic carbocycles. The molecule has 1 atom stereocenters. The van der Waals surface area contributed by atoms with E-state index >= 15 is 0 Å². The number of nitrogens with one attached hydrogen (secondary N) is 2. The number of carbonyl (C=O) groups is 2. The summed E-state index contributed by atoms with van der Waals surface area (Å²) in [7, 11) is 1.79. The maximum atomic E-state index is 12.2. The monoisotopic (exact) mass is 381 g/mol. The third-order valence-electron chi connectivity index (χ3n) is 4.10. The smallest absolute Gasteiger partial charge is 0.224 e. The van der Waals surface area contributed by atoms with Gasteiger partial charge in [0.2, 0.25) is 11.8 Å². The molecule has 2 amide bonds. The minimum Gasteiger partial charge on any atom is -0.355 e. The van der Waals surface area contributed by atoms with E-state index in [0.29, 0.717) is 19.5 Å². The molecule has 1 unspecified atom stereocenters. The SMILES string of the molecule is CN(Cc1ccccc1Br)C(=O)CCNC(=O)C1CCCNC1. The van der Waals surface area contributed by atoms with Crippen molar-refractivity contribution < 1.29 is 9.59 Å². The van der Waals surface area contributed by atoms with E-state index in [1.54, 1.807) is 11.9 Å². The number of hydrogen-bond donors (Lipinski definition) is 2. The molecule has 6 heteroatoms. The van der Waals surface area contributed by atoms with E-state index in [1.807, 2.05) is 24.3 Å². The highest BCUT2D eigenvalue weighted by molar-refractivity contribution is 9.10. The van der Waals surface area contributed by atoms with E-state index in [1.165, 1.54) is 0 Å². The van der Waals surface area contributed by atoms with E-state index in [-0.39, 0.29) is 17.7 Å². The van der Waals surface area contributed by atoms with Crippen LogP contribution in [0.5, 0.6) is 0 Å². The van der Waals surface area contributed by atoms with Gasteiger partial charge in [-0.15, -0.1) is 0 Å². The predicted molar refractivity (Wildman–Crippen MR) is 93.8 cm³/mol. The van der Waals surface area contributed by atoms with Crippen LogP contribution in [0.1, 0.15) is 24.8 Å². The molecular formula is C17H24BrN3O2. The summed E-state index contributed by atoms with van der Waals surface area (Å²) in [6, 6.07) is 7.86. The quantitative estimate of drug-likeness (QED) is 0.790. The van der Waals surface area contributed by atoms with E-state index in [2.05, 4.69) is 26.6 Å². The van der Waals surface area contributed by atoms with Crippen molar-refractivity contribution in [2.45, 2.75) is 25.8 Å². The highest BCUT2D eigenvalue weighted by Crippen LogP contribution is 2.17. The van der Waals surface area contributed by atoms with Crippen LogP contribution in [0.3, 0.4) is 0 Å². The minimum absolute atomic E-state index is 0.0304. The number of piperidine rings is 1. The summed E-state index contributed by atoms with van der Waals surface area (Å²) in [5.41, 5.74) is 1.07. The van der Waals surface area contributed by atoms with Crippen molar-refractivity contribution in [1.29, 1.82) is 0 Å². The highest BCUT2D eigenvalue weighted by atomic mass is 79.9. The van der Waals surface area contributed by atoms with Gasteiger partial charge in [0.25, 0.3) is 0 Å². The third-order valence-corrected chi connectivity index (χ3v) is 4.87.